The zero-order valence-corrected chi connectivity index (χ0v) is 11.4. The number of hydrogen-bond acceptors (Lipinski definition) is 5. The van der Waals surface area contributed by atoms with Crippen LogP contribution in [0.25, 0.3) is 0 Å². The van der Waals surface area contributed by atoms with Crippen LogP contribution in [0, 0.1) is 11.3 Å². The molecule has 0 atom stereocenters. The second kappa shape index (κ2) is 7.26. The Balaban J connectivity index is 1.75. The minimum Gasteiger partial charge on any atom is -0.495 e. The molecule has 0 saturated heterocycles. The maximum atomic E-state index is 9.02. The number of rotatable bonds is 7. The second-order valence-corrected chi connectivity index (χ2v) is 4.36. The molecule has 1 aromatic carbocycles. The number of benzene rings is 1. The van der Waals surface area contributed by atoms with E-state index in [4.69, 9.17) is 10.00 Å². The van der Waals surface area contributed by atoms with E-state index in [0.29, 0.717) is 11.3 Å². The van der Waals surface area contributed by atoms with E-state index in [1.165, 1.54) is 6.33 Å². The molecule has 0 aliphatic rings. The normalized spacial score (nSPS) is 10.2. The molecule has 0 bridgehead atoms. The minimum atomic E-state index is 0.563. The summed E-state index contributed by atoms with van der Waals surface area (Å²) in [4.78, 5) is 4.07. The van der Waals surface area contributed by atoms with Gasteiger partial charge >= 0.3 is 0 Å². The highest BCUT2D eigenvalue weighted by molar-refractivity contribution is 5.45. The zero-order valence-electron chi connectivity index (χ0n) is 11.4. The third kappa shape index (κ3) is 3.80. The average molecular weight is 271 g/mol. The Morgan fingerprint density at radius 2 is 2.35 bits per heavy atom. The Kier molecular flexibility index (Phi) is 5.09. The Morgan fingerprint density at radius 1 is 1.45 bits per heavy atom. The van der Waals surface area contributed by atoms with Gasteiger partial charge in [-0.15, -0.1) is 0 Å². The van der Waals surface area contributed by atoms with Crippen molar-refractivity contribution in [3.8, 4) is 11.8 Å². The predicted octanol–water partition coefficient (Wildman–Crippen LogP) is 1.41. The lowest BCUT2D eigenvalue weighted by molar-refractivity contribution is 0.413. The topological polar surface area (TPSA) is 86.6 Å². The molecule has 1 heterocycles. The van der Waals surface area contributed by atoms with Crippen LogP contribution in [0.2, 0.25) is 0 Å². The first-order chi connectivity index (χ1) is 9.83. The van der Waals surface area contributed by atoms with E-state index in [2.05, 4.69) is 26.6 Å². The summed E-state index contributed by atoms with van der Waals surface area (Å²) >= 11 is 0. The SMILES string of the molecule is COc1ccc(CNCCCc2ncn[nH]2)cc1C#N. The summed E-state index contributed by atoms with van der Waals surface area (Å²) in [5, 5.41) is 19.0. The lowest BCUT2D eigenvalue weighted by Gasteiger charge is -2.07. The van der Waals surface area contributed by atoms with Crippen molar-refractivity contribution in [3.63, 3.8) is 0 Å². The molecule has 2 aromatic rings. The number of aromatic nitrogens is 3. The number of nitrogens with one attached hydrogen (secondary N) is 2. The summed E-state index contributed by atoms with van der Waals surface area (Å²) in [6.45, 7) is 1.61. The van der Waals surface area contributed by atoms with Crippen LogP contribution in [0.5, 0.6) is 5.75 Å². The van der Waals surface area contributed by atoms with Crippen LogP contribution >= 0.6 is 0 Å². The zero-order chi connectivity index (χ0) is 14.2. The largest absolute Gasteiger partial charge is 0.495 e. The fourth-order valence-corrected chi connectivity index (χ4v) is 1.92. The number of hydrogen-bond donors (Lipinski definition) is 2. The number of nitrogens with zero attached hydrogens (tertiary/aromatic N) is 3. The molecule has 2 N–H and O–H groups in total. The number of H-pyrrole nitrogens is 1. The minimum absolute atomic E-state index is 0.563. The quantitative estimate of drug-likeness (QED) is 0.743. The molecular formula is C14H17N5O. The third-order valence-electron chi connectivity index (χ3n) is 2.95. The van der Waals surface area contributed by atoms with Gasteiger partial charge in [-0.3, -0.25) is 5.10 Å². The van der Waals surface area contributed by atoms with E-state index < -0.39 is 0 Å². The Bertz CT molecular complexity index is 574. The molecule has 0 aliphatic heterocycles. The van der Waals surface area contributed by atoms with Crippen LogP contribution in [0.3, 0.4) is 0 Å². The Morgan fingerprint density at radius 3 is 3.05 bits per heavy atom. The molecule has 0 saturated carbocycles. The van der Waals surface area contributed by atoms with E-state index in [9.17, 15) is 0 Å². The van der Waals surface area contributed by atoms with Crippen molar-refractivity contribution in [2.24, 2.45) is 0 Å². The van der Waals surface area contributed by atoms with Crippen LogP contribution < -0.4 is 10.1 Å². The van der Waals surface area contributed by atoms with E-state index in [-0.39, 0.29) is 0 Å². The van der Waals surface area contributed by atoms with Crippen molar-refractivity contribution < 1.29 is 4.74 Å². The standard InChI is InChI=1S/C14H17N5O/c1-20-13-5-4-11(7-12(13)8-15)9-16-6-2-3-14-17-10-18-19-14/h4-5,7,10,16H,2-3,6,9H2,1H3,(H,17,18,19). The fraction of sp³-hybridized carbons (Fsp3) is 0.357. The molecule has 1 aromatic heterocycles. The maximum absolute atomic E-state index is 9.02. The number of ether oxygens (including phenoxy) is 1. The van der Waals surface area contributed by atoms with Crippen molar-refractivity contribution in [3.05, 3.63) is 41.5 Å². The molecule has 2 rings (SSSR count). The smallest absolute Gasteiger partial charge is 0.137 e. The van der Waals surface area contributed by atoms with Crippen molar-refractivity contribution in [2.75, 3.05) is 13.7 Å². The van der Waals surface area contributed by atoms with Gasteiger partial charge in [0.2, 0.25) is 0 Å². The molecule has 6 nitrogen and oxygen atoms in total. The highest BCUT2D eigenvalue weighted by Crippen LogP contribution is 2.18. The van der Waals surface area contributed by atoms with Crippen LogP contribution in [-0.2, 0) is 13.0 Å². The number of aromatic amines is 1. The van der Waals surface area contributed by atoms with Crippen molar-refractivity contribution in [2.45, 2.75) is 19.4 Å². The van der Waals surface area contributed by atoms with Gasteiger partial charge < -0.3 is 10.1 Å². The summed E-state index contributed by atoms with van der Waals surface area (Å²) in [6.07, 6.45) is 3.37. The second-order valence-electron chi connectivity index (χ2n) is 4.36. The van der Waals surface area contributed by atoms with E-state index in [1.54, 1.807) is 7.11 Å². The number of nitriles is 1. The van der Waals surface area contributed by atoms with Crippen molar-refractivity contribution >= 4 is 0 Å². The van der Waals surface area contributed by atoms with Gasteiger partial charge in [-0.1, -0.05) is 6.07 Å². The summed E-state index contributed by atoms with van der Waals surface area (Å²) in [7, 11) is 1.57. The van der Waals surface area contributed by atoms with E-state index in [1.807, 2.05) is 18.2 Å². The summed E-state index contributed by atoms with van der Waals surface area (Å²) in [6, 6.07) is 7.77. The predicted molar refractivity (Wildman–Crippen MR) is 74.1 cm³/mol. The van der Waals surface area contributed by atoms with Gasteiger partial charge in [-0.25, -0.2) is 4.98 Å². The molecule has 0 radical (unpaired) electrons. The highest BCUT2D eigenvalue weighted by Gasteiger charge is 2.03. The van der Waals surface area contributed by atoms with Gasteiger partial charge in [-0.2, -0.15) is 10.4 Å². The lowest BCUT2D eigenvalue weighted by atomic mass is 10.1. The Hall–Kier alpha value is -2.39. The monoisotopic (exact) mass is 271 g/mol. The summed E-state index contributed by atoms with van der Waals surface area (Å²) in [5.41, 5.74) is 1.63. The van der Waals surface area contributed by atoms with Crippen LogP contribution in [-0.4, -0.2) is 28.8 Å². The van der Waals surface area contributed by atoms with E-state index >= 15 is 0 Å². The molecule has 0 aliphatic carbocycles. The fourth-order valence-electron chi connectivity index (χ4n) is 1.92. The molecule has 0 amide bonds. The first-order valence-corrected chi connectivity index (χ1v) is 6.45. The van der Waals surface area contributed by atoms with E-state index in [0.717, 1.165) is 37.3 Å². The van der Waals surface area contributed by atoms with Crippen molar-refractivity contribution in [1.29, 1.82) is 5.26 Å². The molecular weight excluding hydrogens is 254 g/mol. The molecule has 20 heavy (non-hydrogen) atoms. The number of aryl methyl sites for hydroxylation is 1. The molecule has 104 valence electrons. The molecule has 6 heteroatoms. The molecule has 0 fully saturated rings. The Labute approximate surface area is 117 Å². The van der Waals surface area contributed by atoms with Gasteiger partial charge in [0.1, 0.15) is 24.0 Å². The van der Waals surface area contributed by atoms with Gasteiger partial charge in [0.15, 0.2) is 0 Å². The highest BCUT2D eigenvalue weighted by atomic mass is 16.5. The van der Waals surface area contributed by atoms with Gasteiger partial charge in [0.25, 0.3) is 0 Å². The third-order valence-corrected chi connectivity index (χ3v) is 2.95. The van der Waals surface area contributed by atoms with Crippen LogP contribution in [0.15, 0.2) is 24.5 Å². The summed E-state index contributed by atoms with van der Waals surface area (Å²) < 4.78 is 5.12. The number of methoxy groups -OCH3 is 1. The molecule has 0 unspecified atom stereocenters. The average Bonchev–Trinajstić information content (AvgIpc) is 3.00. The summed E-state index contributed by atoms with van der Waals surface area (Å²) in [5.74, 6) is 1.52. The molecule has 0 spiro atoms. The first kappa shape index (κ1) is 14.0. The first-order valence-electron chi connectivity index (χ1n) is 6.45. The van der Waals surface area contributed by atoms with Gasteiger partial charge in [0, 0.05) is 13.0 Å². The van der Waals surface area contributed by atoms with Crippen molar-refractivity contribution in [1.82, 2.24) is 20.5 Å². The van der Waals surface area contributed by atoms with Crippen LogP contribution in [0.4, 0.5) is 0 Å². The van der Waals surface area contributed by atoms with Gasteiger partial charge in [-0.05, 0) is 30.7 Å². The van der Waals surface area contributed by atoms with Crippen LogP contribution in [0.1, 0.15) is 23.4 Å². The van der Waals surface area contributed by atoms with Gasteiger partial charge in [0.05, 0.1) is 12.7 Å². The maximum Gasteiger partial charge on any atom is 0.137 e. The lowest BCUT2D eigenvalue weighted by Crippen LogP contribution is -2.15.